The van der Waals surface area contributed by atoms with E-state index < -0.39 is 9.84 Å². The molecule has 2 aliphatic heterocycles. The van der Waals surface area contributed by atoms with E-state index in [0.29, 0.717) is 29.5 Å². The normalized spacial score (nSPS) is 18.3. The second-order valence-corrected chi connectivity index (χ2v) is 13.8. The number of halogens is 1. The Balaban J connectivity index is 1.17. The highest BCUT2D eigenvalue weighted by atomic mass is 32.2. The summed E-state index contributed by atoms with van der Waals surface area (Å²) >= 11 is 0. The number of carbonyl (C=O) groups excluding carboxylic acids is 1. The molecule has 3 aromatic carbocycles. The van der Waals surface area contributed by atoms with E-state index in [4.69, 9.17) is 0 Å². The summed E-state index contributed by atoms with van der Waals surface area (Å²) in [6.45, 7) is 4.04. The van der Waals surface area contributed by atoms with E-state index in [0.717, 1.165) is 62.3 Å². The maximum absolute atomic E-state index is 14.0. The molecule has 224 valence electrons. The Morgan fingerprint density at radius 1 is 0.884 bits per heavy atom. The number of sulfone groups is 1. The van der Waals surface area contributed by atoms with Crippen molar-refractivity contribution in [3.8, 4) is 5.69 Å². The number of aromatic nitrogens is 2. The summed E-state index contributed by atoms with van der Waals surface area (Å²) in [6.07, 6.45) is 6.46. The summed E-state index contributed by atoms with van der Waals surface area (Å²) < 4.78 is 39.1. The third-order valence-electron chi connectivity index (χ3n) is 8.90. The van der Waals surface area contributed by atoms with E-state index >= 15 is 0 Å². The van der Waals surface area contributed by atoms with Crippen LogP contribution >= 0.6 is 0 Å². The molecular formula is C34H37FN4O3S. The fourth-order valence-corrected chi connectivity index (χ4v) is 7.07. The molecule has 0 saturated carbocycles. The van der Waals surface area contributed by atoms with E-state index in [-0.39, 0.29) is 17.6 Å². The van der Waals surface area contributed by atoms with Crippen molar-refractivity contribution in [2.45, 2.75) is 42.4 Å². The monoisotopic (exact) mass is 600 g/mol. The van der Waals surface area contributed by atoms with Gasteiger partial charge in [0.25, 0.3) is 5.91 Å². The number of likely N-dealkylation sites (tertiary alicyclic amines) is 2. The molecule has 0 bridgehead atoms. The van der Waals surface area contributed by atoms with Crippen molar-refractivity contribution in [3.05, 3.63) is 113 Å². The van der Waals surface area contributed by atoms with Crippen LogP contribution in [0.3, 0.4) is 0 Å². The molecule has 6 rings (SSSR count). The van der Waals surface area contributed by atoms with Gasteiger partial charge in [-0.25, -0.2) is 17.5 Å². The highest BCUT2D eigenvalue weighted by molar-refractivity contribution is 7.90. The quantitative estimate of drug-likeness (QED) is 0.268. The minimum Gasteiger partial charge on any atom is -0.338 e. The summed E-state index contributed by atoms with van der Waals surface area (Å²) in [7, 11) is -3.20. The first kappa shape index (κ1) is 29.3. The SMILES string of the molecule is CS(=O)(=O)c1ccc(CCN2CCC(c3c(C(=O)N4CC[C@H](c5ccccc5)C4)cnn3-c3ccc(F)cc3)CC2)cc1. The topological polar surface area (TPSA) is 75.5 Å². The van der Waals surface area contributed by atoms with Crippen molar-refractivity contribution in [2.75, 3.05) is 39.0 Å². The van der Waals surface area contributed by atoms with Gasteiger partial charge >= 0.3 is 0 Å². The number of rotatable bonds is 8. The van der Waals surface area contributed by atoms with Gasteiger partial charge in [-0.1, -0.05) is 42.5 Å². The van der Waals surface area contributed by atoms with Gasteiger partial charge in [-0.2, -0.15) is 5.10 Å². The predicted octanol–water partition coefficient (Wildman–Crippen LogP) is 5.47. The van der Waals surface area contributed by atoms with Crippen LogP contribution in [0.1, 0.15) is 58.3 Å². The second kappa shape index (κ2) is 12.4. The minimum atomic E-state index is -3.20. The predicted molar refractivity (Wildman–Crippen MR) is 165 cm³/mol. The Bertz CT molecular complexity index is 1660. The van der Waals surface area contributed by atoms with Gasteiger partial charge in [-0.05, 0) is 86.3 Å². The van der Waals surface area contributed by atoms with Crippen LogP contribution in [0.5, 0.6) is 0 Å². The highest BCUT2D eigenvalue weighted by Gasteiger charge is 2.34. The zero-order valence-electron chi connectivity index (χ0n) is 24.4. The molecule has 0 unspecified atom stereocenters. The number of benzene rings is 3. The Morgan fingerprint density at radius 2 is 1.56 bits per heavy atom. The first-order valence-corrected chi connectivity index (χ1v) is 16.8. The largest absolute Gasteiger partial charge is 0.338 e. The van der Waals surface area contributed by atoms with Gasteiger partial charge in [-0.3, -0.25) is 4.79 Å². The molecule has 9 heteroatoms. The number of hydrogen-bond acceptors (Lipinski definition) is 5. The van der Waals surface area contributed by atoms with Gasteiger partial charge in [0.15, 0.2) is 9.84 Å². The average Bonchev–Trinajstić information content (AvgIpc) is 3.69. The van der Waals surface area contributed by atoms with Gasteiger partial charge in [0, 0.05) is 37.7 Å². The van der Waals surface area contributed by atoms with E-state index in [1.54, 1.807) is 30.5 Å². The van der Waals surface area contributed by atoms with Crippen molar-refractivity contribution in [1.82, 2.24) is 19.6 Å². The van der Waals surface area contributed by atoms with Crippen LogP contribution < -0.4 is 0 Å². The van der Waals surface area contributed by atoms with Gasteiger partial charge in [0.2, 0.25) is 0 Å². The zero-order chi connectivity index (χ0) is 30.0. The molecule has 3 heterocycles. The number of nitrogens with zero attached hydrogens (tertiary/aromatic N) is 4. The summed E-state index contributed by atoms with van der Waals surface area (Å²) in [5.74, 6) is 0.176. The smallest absolute Gasteiger partial charge is 0.257 e. The van der Waals surface area contributed by atoms with E-state index in [1.807, 2.05) is 39.9 Å². The van der Waals surface area contributed by atoms with Crippen LogP contribution in [0.4, 0.5) is 4.39 Å². The summed E-state index contributed by atoms with van der Waals surface area (Å²) in [5, 5.41) is 4.67. The van der Waals surface area contributed by atoms with Crippen LogP contribution in [0, 0.1) is 5.82 Å². The van der Waals surface area contributed by atoms with E-state index in [2.05, 4.69) is 22.1 Å². The molecule has 1 amide bonds. The molecule has 2 aliphatic rings. The summed E-state index contributed by atoms with van der Waals surface area (Å²) in [5.41, 5.74) is 4.67. The lowest BCUT2D eigenvalue weighted by Gasteiger charge is -2.33. The van der Waals surface area contributed by atoms with Crippen molar-refractivity contribution in [3.63, 3.8) is 0 Å². The van der Waals surface area contributed by atoms with Crippen LogP contribution in [0.25, 0.3) is 5.69 Å². The van der Waals surface area contributed by atoms with Crippen molar-refractivity contribution >= 4 is 15.7 Å². The fraction of sp³-hybridized carbons (Fsp3) is 0.353. The standard InChI is InChI=1S/C34H37FN4O3S/c1-43(41,42)31-13-7-25(8-14-31)15-19-37-20-16-27(17-21-37)33-32(23-36-39(33)30-11-9-29(35)10-12-30)34(40)38-22-18-28(24-38)26-5-3-2-4-6-26/h2-14,23,27-28H,15-22,24H2,1H3/t28-/m0/s1. The molecule has 7 nitrogen and oxygen atoms in total. The Morgan fingerprint density at radius 3 is 2.23 bits per heavy atom. The Labute approximate surface area is 252 Å². The molecule has 43 heavy (non-hydrogen) atoms. The molecule has 1 aromatic heterocycles. The maximum atomic E-state index is 14.0. The van der Waals surface area contributed by atoms with Crippen LogP contribution in [-0.2, 0) is 16.3 Å². The van der Waals surface area contributed by atoms with E-state index in [9.17, 15) is 17.6 Å². The number of hydrogen-bond donors (Lipinski definition) is 0. The van der Waals surface area contributed by atoms with Crippen LogP contribution in [0.2, 0.25) is 0 Å². The fourth-order valence-electron chi connectivity index (χ4n) is 6.44. The summed E-state index contributed by atoms with van der Waals surface area (Å²) in [6, 6.07) is 23.8. The van der Waals surface area contributed by atoms with Crippen molar-refractivity contribution < 1.29 is 17.6 Å². The third kappa shape index (κ3) is 6.58. The molecule has 1 atom stereocenters. The zero-order valence-corrected chi connectivity index (χ0v) is 25.2. The van der Waals surface area contributed by atoms with Gasteiger partial charge in [0.1, 0.15) is 5.82 Å². The first-order valence-electron chi connectivity index (χ1n) is 15.0. The first-order chi connectivity index (χ1) is 20.8. The van der Waals surface area contributed by atoms with E-state index in [1.165, 1.54) is 24.0 Å². The summed E-state index contributed by atoms with van der Waals surface area (Å²) in [4.78, 5) is 18.7. The Kier molecular flexibility index (Phi) is 8.45. The molecule has 0 spiro atoms. The number of carbonyl (C=O) groups is 1. The molecular weight excluding hydrogens is 563 g/mol. The molecule has 0 radical (unpaired) electrons. The molecule has 2 saturated heterocycles. The van der Waals surface area contributed by atoms with Crippen molar-refractivity contribution in [2.24, 2.45) is 0 Å². The lowest BCUT2D eigenvalue weighted by Crippen LogP contribution is -2.36. The average molecular weight is 601 g/mol. The van der Waals surface area contributed by atoms with Crippen molar-refractivity contribution in [1.29, 1.82) is 0 Å². The third-order valence-corrected chi connectivity index (χ3v) is 10.0. The minimum absolute atomic E-state index is 0.0155. The van der Waals surface area contributed by atoms with Crippen LogP contribution in [0.15, 0.2) is 90.0 Å². The highest BCUT2D eigenvalue weighted by Crippen LogP contribution is 2.35. The molecule has 0 aliphatic carbocycles. The lowest BCUT2D eigenvalue weighted by atomic mass is 9.90. The molecule has 4 aromatic rings. The van der Waals surface area contributed by atoms with Gasteiger partial charge in [0.05, 0.1) is 28.0 Å². The maximum Gasteiger partial charge on any atom is 0.257 e. The number of piperidine rings is 1. The second-order valence-electron chi connectivity index (χ2n) is 11.8. The van der Waals surface area contributed by atoms with Gasteiger partial charge < -0.3 is 9.80 Å². The number of amides is 1. The molecule has 2 fully saturated rings. The van der Waals surface area contributed by atoms with Crippen LogP contribution in [-0.4, -0.2) is 72.9 Å². The lowest BCUT2D eigenvalue weighted by molar-refractivity contribution is 0.0788. The van der Waals surface area contributed by atoms with Gasteiger partial charge in [-0.15, -0.1) is 0 Å². The molecule has 0 N–H and O–H groups in total. The Hall–Kier alpha value is -3.82.